The molecule has 7 nitrogen and oxygen atoms in total. The van der Waals surface area contributed by atoms with Gasteiger partial charge in [-0.1, -0.05) is 6.42 Å². The van der Waals surface area contributed by atoms with Crippen LogP contribution in [0.15, 0.2) is 29.2 Å². The number of piperidine rings is 2. The Morgan fingerprint density at radius 1 is 0.962 bits per heavy atom. The normalized spacial score (nSPS) is 22.2. The topological polar surface area (TPSA) is 101 Å². The zero-order chi connectivity index (χ0) is 18.7. The minimum atomic E-state index is -3.50. The molecule has 2 fully saturated rings. The number of hydrogen-bond acceptors (Lipinski definition) is 4. The third-order valence-electron chi connectivity index (χ3n) is 5.17. The number of nitrogens with zero attached hydrogens (tertiary/aromatic N) is 2. The van der Waals surface area contributed by atoms with E-state index in [4.69, 9.17) is 5.73 Å². The molecule has 2 aliphatic heterocycles. The maximum atomic E-state index is 12.7. The zero-order valence-corrected chi connectivity index (χ0v) is 15.6. The van der Waals surface area contributed by atoms with Gasteiger partial charge in [-0.3, -0.25) is 9.59 Å². The molecule has 1 atom stereocenters. The molecule has 26 heavy (non-hydrogen) atoms. The van der Waals surface area contributed by atoms with Crippen LogP contribution in [0.25, 0.3) is 0 Å². The Labute approximate surface area is 154 Å². The number of carbonyl (C=O) groups is 2. The Balaban J connectivity index is 1.72. The highest BCUT2D eigenvalue weighted by molar-refractivity contribution is 7.89. The van der Waals surface area contributed by atoms with Crippen LogP contribution in [0.3, 0.4) is 0 Å². The average Bonchev–Trinajstić information content (AvgIpc) is 2.68. The molecule has 1 aromatic rings. The first-order chi connectivity index (χ1) is 12.4. The number of nitrogens with two attached hydrogens (primary N) is 1. The van der Waals surface area contributed by atoms with Crippen molar-refractivity contribution in [3.63, 3.8) is 0 Å². The molecule has 0 bridgehead atoms. The number of amides is 2. The van der Waals surface area contributed by atoms with Gasteiger partial charge in [-0.2, -0.15) is 4.31 Å². The number of primary amides is 1. The van der Waals surface area contributed by atoms with E-state index in [2.05, 4.69) is 0 Å². The van der Waals surface area contributed by atoms with Crippen LogP contribution in [0.5, 0.6) is 0 Å². The number of hydrogen-bond donors (Lipinski definition) is 1. The first-order valence-electron chi connectivity index (χ1n) is 9.08. The zero-order valence-electron chi connectivity index (χ0n) is 14.8. The number of benzene rings is 1. The molecule has 2 saturated heterocycles. The quantitative estimate of drug-likeness (QED) is 0.849. The van der Waals surface area contributed by atoms with Crippen molar-refractivity contribution in [2.24, 2.45) is 11.7 Å². The van der Waals surface area contributed by atoms with Crippen molar-refractivity contribution in [2.75, 3.05) is 26.2 Å². The summed E-state index contributed by atoms with van der Waals surface area (Å²) in [6.45, 7) is 2.00. The van der Waals surface area contributed by atoms with Crippen molar-refractivity contribution in [1.82, 2.24) is 9.21 Å². The summed E-state index contributed by atoms with van der Waals surface area (Å²) >= 11 is 0. The Hall–Kier alpha value is -1.93. The number of sulfonamides is 1. The van der Waals surface area contributed by atoms with Gasteiger partial charge in [-0.05, 0) is 49.9 Å². The van der Waals surface area contributed by atoms with Gasteiger partial charge in [0.05, 0.1) is 10.8 Å². The largest absolute Gasteiger partial charge is 0.369 e. The average molecular weight is 379 g/mol. The molecule has 3 rings (SSSR count). The number of rotatable bonds is 4. The second-order valence-electron chi connectivity index (χ2n) is 6.98. The number of likely N-dealkylation sites (tertiary alicyclic amines) is 1. The highest BCUT2D eigenvalue weighted by Crippen LogP contribution is 2.22. The smallest absolute Gasteiger partial charge is 0.253 e. The molecule has 2 N–H and O–H groups in total. The Morgan fingerprint density at radius 2 is 1.62 bits per heavy atom. The van der Waals surface area contributed by atoms with Gasteiger partial charge in [0.2, 0.25) is 15.9 Å². The van der Waals surface area contributed by atoms with Crippen LogP contribution in [0, 0.1) is 5.92 Å². The molecule has 0 spiro atoms. The summed E-state index contributed by atoms with van der Waals surface area (Å²) in [6, 6.07) is 6.08. The summed E-state index contributed by atoms with van der Waals surface area (Å²) in [6.07, 6.45) is 4.26. The van der Waals surface area contributed by atoms with Crippen LogP contribution in [0.1, 0.15) is 42.5 Å². The second-order valence-corrected chi connectivity index (χ2v) is 8.92. The van der Waals surface area contributed by atoms with Crippen LogP contribution >= 0.6 is 0 Å². The van der Waals surface area contributed by atoms with Crippen molar-refractivity contribution < 1.29 is 18.0 Å². The van der Waals surface area contributed by atoms with E-state index < -0.39 is 10.0 Å². The summed E-state index contributed by atoms with van der Waals surface area (Å²) in [7, 11) is -3.50. The predicted octanol–water partition coefficient (Wildman–Crippen LogP) is 1.20. The molecule has 0 aromatic heterocycles. The first-order valence-corrected chi connectivity index (χ1v) is 10.5. The van der Waals surface area contributed by atoms with Crippen molar-refractivity contribution in [1.29, 1.82) is 0 Å². The molecular weight excluding hydrogens is 354 g/mol. The highest BCUT2D eigenvalue weighted by Gasteiger charge is 2.29. The molecule has 1 unspecified atom stereocenters. The summed E-state index contributed by atoms with van der Waals surface area (Å²) in [4.78, 5) is 25.9. The van der Waals surface area contributed by atoms with E-state index in [0.29, 0.717) is 38.2 Å². The van der Waals surface area contributed by atoms with E-state index in [1.807, 2.05) is 0 Å². The van der Waals surface area contributed by atoms with Crippen molar-refractivity contribution in [2.45, 2.75) is 37.0 Å². The summed E-state index contributed by atoms with van der Waals surface area (Å²) in [5, 5.41) is 0. The van der Waals surface area contributed by atoms with Crippen LogP contribution in [-0.4, -0.2) is 55.6 Å². The molecular formula is C18H25N3O4S. The second kappa shape index (κ2) is 7.75. The minimum absolute atomic E-state index is 0.196. The fourth-order valence-corrected chi connectivity index (χ4v) is 5.12. The molecule has 0 radical (unpaired) electrons. The van der Waals surface area contributed by atoms with Crippen LogP contribution < -0.4 is 5.73 Å². The van der Waals surface area contributed by atoms with E-state index in [9.17, 15) is 18.0 Å². The maximum absolute atomic E-state index is 12.7. The molecule has 2 heterocycles. The van der Waals surface area contributed by atoms with Gasteiger partial charge in [0, 0.05) is 31.7 Å². The molecule has 0 aliphatic carbocycles. The van der Waals surface area contributed by atoms with Crippen LogP contribution in [0.2, 0.25) is 0 Å². The molecule has 2 aliphatic rings. The van der Waals surface area contributed by atoms with Gasteiger partial charge in [-0.15, -0.1) is 0 Å². The van der Waals surface area contributed by atoms with E-state index >= 15 is 0 Å². The lowest BCUT2D eigenvalue weighted by Gasteiger charge is -2.31. The Bertz CT molecular complexity index is 770. The standard InChI is InChI=1S/C18H25N3O4S/c19-17(22)15-5-4-10-20(13-15)18(23)14-6-8-16(9-7-14)26(24,25)21-11-2-1-3-12-21/h6-9,15H,1-5,10-13H2,(H2,19,22). The van der Waals surface area contributed by atoms with Gasteiger partial charge >= 0.3 is 0 Å². The van der Waals surface area contributed by atoms with Gasteiger partial charge in [-0.25, -0.2) is 8.42 Å². The van der Waals surface area contributed by atoms with Gasteiger partial charge < -0.3 is 10.6 Å². The fourth-order valence-electron chi connectivity index (χ4n) is 3.60. The predicted molar refractivity (Wildman–Crippen MR) is 96.9 cm³/mol. The highest BCUT2D eigenvalue weighted by atomic mass is 32.2. The summed E-state index contributed by atoms with van der Waals surface area (Å²) in [5.41, 5.74) is 5.78. The van der Waals surface area contributed by atoms with E-state index in [1.54, 1.807) is 17.0 Å². The van der Waals surface area contributed by atoms with E-state index in [1.165, 1.54) is 16.4 Å². The van der Waals surface area contributed by atoms with Crippen LogP contribution in [-0.2, 0) is 14.8 Å². The Kier molecular flexibility index (Phi) is 5.62. The van der Waals surface area contributed by atoms with E-state index in [-0.39, 0.29) is 22.6 Å². The molecule has 1 aromatic carbocycles. The minimum Gasteiger partial charge on any atom is -0.369 e. The van der Waals surface area contributed by atoms with Crippen molar-refractivity contribution >= 4 is 21.8 Å². The number of carbonyl (C=O) groups excluding carboxylic acids is 2. The third-order valence-corrected chi connectivity index (χ3v) is 7.08. The van der Waals surface area contributed by atoms with Gasteiger partial charge in [0.25, 0.3) is 5.91 Å². The van der Waals surface area contributed by atoms with Gasteiger partial charge in [0.1, 0.15) is 0 Å². The molecule has 2 amide bonds. The van der Waals surface area contributed by atoms with Crippen molar-refractivity contribution in [3.8, 4) is 0 Å². The summed E-state index contributed by atoms with van der Waals surface area (Å²) < 4.78 is 26.8. The van der Waals surface area contributed by atoms with Gasteiger partial charge in [0.15, 0.2) is 0 Å². The Morgan fingerprint density at radius 3 is 2.23 bits per heavy atom. The SMILES string of the molecule is NC(=O)C1CCCN(C(=O)c2ccc(S(=O)(=O)N3CCCCC3)cc2)C1. The maximum Gasteiger partial charge on any atom is 0.253 e. The molecule has 142 valence electrons. The fraction of sp³-hybridized carbons (Fsp3) is 0.556. The molecule has 8 heteroatoms. The summed E-state index contributed by atoms with van der Waals surface area (Å²) in [5.74, 6) is -0.894. The monoisotopic (exact) mass is 379 g/mol. The lowest BCUT2D eigenvalue weighted by molar-refractivity contribution is -0.123. The lowest BCUT2D eigenvalue weighted by atomic mass is 9.97. The molecule has 0 saturated carbocycles. The first kappa shape index (κ1) is 18.8. The van der Waals surface area contributed by atoms with Crippen LogP contribution in [0.4, 0.5) is 0 Å². The van der Waals surface area contributed by atoms with Crippen molar-refractivity contribution in [3.05, 3.63) is 29.8 Å². The third kappa shape index (κ3) is 3.91. The lowest BCUT2D eigenvalue weighted by Crippen LogP contribution is -2.44. The van der Waals surface area contributed by atoms with E-state index in [0.717, 1.165) is 25.7 Å².